The molecule has 0 bridgehead atoms. The predicted molar refractivity (Wildman–Crippen MR) is 132 cm³/mol. The van der Waals surface area contributed by atoms with Gasteiger partial charge in [-0.25, -0.2) is 4.79 Å². The van der Waals surface area contributed by atoms with Crippen molar-refractivity contribution in [3.63, 3.8) is 0 Å². The summed E-state index contributed by atoms with van der Waals surface area (Å²) in [7, 11) is 0. The fraction of sp³-hybridized carbons (Fsp3) is 0.345. The average molecular weight is 463 g/mol. The van der Waals surface area contributed by atoms with E-state index in [1.807, 2.05) is 54.6 Å². The highest BCUT2D eigenvalue weighted by Gasteiger charge is 2.39. The third-order valence-corrected chi connectivity index (χ3v) is 5.51. The predicted octanol–water partition coefficient (Wildman–Crippen LogP) is 5.19. The average Bonchev–Trinajstić information content (AvgIpc) is 2.82. The summed E-state index contributed by atoms with van der Waals surface area (Å²) in [5.74, 6) is -3.56. The normalized spacial score (nSPS) is 12.4. The molecule has 0 saturated heterocycles. The molecule has 0 atom stereocenters. The molecule has 0 unspecified atom stereocenters. The zero-order valence-electron chi connectivity index (χ0n) is 20.1. The van der Waals surface area contributed by atoms with Crippen molar-refractivity contribution in [2.45, 2.75) is 57.0 Å². The molecule has 5 heteroatoms. The van der Waals surface area contributed by atoms with Crippen LogP contribution < -0.4 is 0 Å². The Morgan fingerprint density at radius 1 is 0.706 bits per heavy atom. The molecular formula is C29H34O5. The third kappa shape index (κ3) is 6.32. The van der Waals surface area contributed by atoms with Gasteiger partial charge in [0, 0.05) is 13.0 Å². The van der Waals surface area contributed by atoms with Crippen LogP contribution in [0.5, 0.6) is 0 Å². The lowest BCUT2D eigenvalue weighted by molar-refractivity contribution is -0.221. The molecule has 34 heavy (non-hydrogen) atoms. The molecule has 0 aliphatic rings. The quantitative estimate of drug-likeness (QED) is 0.188. The number of hydrogen-bond acceptors (Lipinski definition) is 5. The summed E-state index contributed by atoms with van der Waals surface area (Å²) >= 11 is 0. The summed E-state index contributed by atoms with van der Waals surface area (Å²) in [5, 5.41) is 20.4. The minimum Gasteiger partial charge on any atom is -0.456 e. The molecule has 0 radical (unpaired) electrons. The summed E-state index contributed by atoms with van der Waals surface area (Å²) in [4.78, 5) is 12.1. The maximum Gasteiger partial charge on any atom is 0.366 e. The van der Waals surface area contributed by atoms with Crippen molar-refractivity contribution in [2.75, 3.05) is 6.61 Å². The van der Waals surface area contributed by atoms with E-state index in [1.54, 1.807) is 20.8 Å². The second-order valence-electron chi connectivity index (χ2n) is 9.40. The maximum absolute atomic E-state index is 12.1. The van der Waals surface area contributed by atoms with Crippen LogP contribution in [-0.2, 0) is 19.9 Å². The van der Waals surface area contributed by atoms with Gasteiger partial charge in [0.05, 0.1) is 0 Å². The largest absolute Gasteiger partial charge is 0.456 e. The first-order chi connectivity index (χ1) is 16.2. The van der Waals surface area contributed by atoms with Crippen LogP contribution in [0.4, 0.5) is 0 Å². The van der Waals surface area contributed by atoms with Gasteiger partial charge in [0.2, 0.25) is 0 Å². The Kier molecular flexibility index (Phi) is 8.26. The second kappa shape index (κ2) is 11.0. The van der Waals surface area contributed by atoms with Crippen LogP contribution in [0.15, 0.2) is 91.0 Å². The highest BCUT2D eigenvalue weighted by Crippen LogP contribution is 2.40. The number of rotatable bonds is 10. The molecule has 0 aliphatic carbocycles. The Balaban J connectivity index is 1.79. The van der Waals surface area contributed by atoms with Crippen molar-refractivity contribution >= 4 is 5.97 Å². The molecule has 3 aromatic rings. The minimum atomic E-state index is -2.53. The molecule has 0 spiro atoms. The Labute approximate surface area is 202 Å². The van der Waals surface area contributed by atoms with E-state index in [1.165, 1.54) is 0 Å². The van der Waals surface area contributed by atoms with E-state index < -0.39 is 23.0 Å². The number of hydrogen-bond donors (Lipinski definition) is 2. The van der Waals surface area contributed by atoms with E-state index in [9.17, 15) is 15.0 Å². The summed E-state index contributed by atoms with van der Waals surface area (Å²) < 4.78 is 11.8. The van der Waals surface area contributed by atoms with E-state index in [-0.39, 0.29) is 6.42 Å². The zero-order valence-corrected chi connectivity index (χ0v) is 20.1. The third-order valence-electron chi connectivity index (χ3n) is 5.51. The molecule has 180 valence electrons. The Morgan fingerprint density at radius 2 is 1.12 bits per heavy atom. The number of ether oxygens (including phenoxy) is 2. The van der Waals surface area contributed by atoms with E-state index in [0.29, 0.717) is 19.4 Å². The lowest BCUT2D eigenvalue weighted by atomic mass is 9.80. The van der Waals surface area contributed by atoms with Crippen molar-refractivity contribution in [1.29, 1.82) is 0 Å². The van der Waals surface area contributed by atoms with Gasteiger partial charge in [0.1, 0.15) is 11.2 Å². The van der Waals surface area contributed by atoms with Gasteiger partial charge in [0.15, 0.2) is 0 Å². The highest BCUT2D eigenvalue weighted by molar-refractivity contribution is 5.77. The van der Waals surface area contributed by atoms with Gasteiger partial charge in [-0.1, -0.05) is 91.0 Å². The number of aliphatic hydroxyl groups is 2. The number of unbranched alkanes of at least 4 members (excludes halogenated alkanes) is 1. The molecule has 0 aromatic heterocycles. The fourth-order valence-corrected chi connectivity index (χ4v) is 3.93. The van der Waals surface area contributed by atoms with Gasteiger partial charge in [-0.2, -0.15) is 0 Å². The summed E-state index contributed by atoms with van der Waals surface area (Å²) in [5.41, 5.74) is 1.38. The molecule has 0 fully saturated rings. The Bertz CT molecular complexity index is 928. The summed E-state index contributed by atoms with van der Waals surface area (Å²) in [6.45, 7) is 5.41. The van der Waals surface area contributed by atoms with Gasteiger partial charge in [-0.3, -0.25) is 0 Å². The molecule has 0 amide bonds. The highest BCUT2D eigenvalue weighted by atomic mass is 16.6. The minimum absolute atomic E-state index is 0.139. The van der Waals surface area contributed by atoms with Crippen LogP contribution in [0.1, 0.15) is 56.7 Å². The van der Waals surface area contributed by atoms with Gasteiger partial charge < -0.3 is 19.7 Å². The molecule has 0 saturated carbocycles. The van der Waals surface area contributed by atoms with Crippen LogP contribution in [-0.4, -0.2) is 34.2 Å². The molecule has 2 N–H and O–H groups in total. The standard InChI is InChI=1S/C29H34O5/c1-27(2,3)34-26(30)28(31,32)21-13-14-22-33-29(23-15-7-4-8-16-23,24-17-9-5-10-18-24)25-19-11-6-12-20-25/h4-12,15-20,31-32H,13-14,21-22H2,1-3H3. The molecule has 3 rings (SSSR count). The van der Waals surface area contributed by atoms with Gasteiger partial charge in [-0.15, -0.1) is 0 Å². The second-order valence-corrected chi connectivity index (χ2v) is 9.40. The molecule has 0 aliphatic heterocycles. The Hall–Kier alpha value is -2.99. The van der Waals surface area contributed by atoms with Gasteiger partial charge in [0.25, 0.3) is 5.79 Å². The van der Waals surface area contributed by atoms with E-state index in [4.69, 9.17) is 9.47 Å². The van der Waals surface area contributed by atoms with E-state index in [0.717, 1.165) is 16.7 Å². The van der Waals surface area contributed by atoms with Crippen molar-refractivity contribution in [1.82, 2.24) is 0 Å². The van der Waals surface area contributed by atoms with Crippen LogP contribution in [0, 0.1) is 0 Å². The first-order valence-electron chi connectivity index (χ1n) is 11.6. The SMILES string of the molecule is CC(C)(C)OC(=O)C(O)(O)CCCCOC(c1ccccc1)(c1ccccc1)c1ccccc1. The van der Waals surface area contributed by atoms with Crippen LogP contribution >= 0.6 is 0 Å². The monoisotopic (exact) mass is 462 g/mol. The van der Waals surface area contributed by atoms with Crippen LogP contribution in [0.3, 0.4) is 0 Å². The van der Waals surface area contributed by atoms with Crippen molar-refractivity contribution in [3.8, 4) is 0 Å². The Morgan fingerprint density at radius 3 is 1.50 bits per heavy atom. The topological polar surface area (TPSA) is 76.0 Å². The number of carbonyl (C=O) groups excluding carboxylic acids is 1. The summed E-state index contributed by atoms with van der Waals surface area (Å²) in [6.07, 6.45) is 0.765. The molecular weight excluding hydrogens is 428 g/mol. The molecule has 3 aromatic carbocycles. The number of carbonyl (C=O) groups is 1. The molecule has 0 heterocycles. The number of esters is 1. The van der Waals surface area contributed by atoms with E-state index in [2.05, 4.69) is 36.4 Å². The molecule has 5 nitrogen and oxygen atoms in total. The first kappa shape index (κ1) is 25.6. The van der Waals surface area contributed by atoms with E-state index >= 15 is 0 Å². The zero-order chi connectivity index (χ0) is 24.7. The number of benzene rings is 3. The lowest BCUT2D eigenvalue weighted by Crippen LogP contribution is -2.43. The lowest BCUT2D eigenvalue weighted by Gasteiger charge is -2.36. The maximum atomic E-state index is 12.1. The van der Waals surface area contributed by atoms with Crippen LogP contribution in [0.25, 0.3) is 0 Å². The summed E-state index contributed by atoms with van der Waals surface area (Å²) in [6, 6.07) is 30.2. The van der Waals surface area contributed by atoms with Crippen molar-refractivity contribution in [3.05, 3.63) is 108 Å². The van der Waals surface area contributed by atoms with Gasteiger partial charge >= 0.3 is 5.97 Å². The van der Waals surface area contributed by atoms with Crippen LogP contribution in [0.2, 0.25) is 0 Å². The fourth-order valence-electron chi connectivity index (χ4n) is 3.93. The van der Waals surface area contributed by atoms with Gasteiger partial charge in [-0.05, 0) is 50.3 Å². The van der Waals surface area contributed by atoms with Crippen molar-refractivity contribution in [2.24, 2.45) is 0 Å². The first-order valence-corrected chi connectivity index (χ1v) is 11.6. The smallest absolute Gasteiger partial charge is 0.366 e. The van der Waals surface area contributed by atoms with Crippen molar-refractivity contribution < 1.29 is 24.5 Å².